The third-order valence-electron chi connectivity index (χ3n) is 6.62. The predicted octanol–water partition coefficient (Wildman–Crippen LogP) is 6.72. The van der Waals surface area contributed by atoms with Gasteiger partial charge < -0.3 is 14.6 Å². The van der Waals surface area contributed by atoms with Gasteiger partial charge in [0.05, 0.1) is 24.8 Å². The first-order valence-electron chi connectivity index (χ1n) is 12.9. The lowest BCUT2D eigenvalue weighted by molar-refractivity contribution is -0.132. The first-order chi connectivity index (χ1) is 18.1. The summed E-state index contributed by atoms with van der Waals surface area (Å²) in [4.78, 5) is 28.4. The van der Waals surface area contributed by atoms with Gasteiger partial charge in [-0.15, -0.1) is 0 Å². The fraction of sp³-hybridized carbons (Fsp3) is 0.312. The van der Waals surface area contributed by atoms with Crippen LogP contribution in [0.25, 0.3) is 5.76 Å². The van der Waals surface area contributed by atoms with Crippen LogP contribution in [-0.4, -0.2) is 30.0 Å². The highest BCUT2D eigenvalue weighted by molar-refractivity contribution is 6.51. The number of carbonyl (C=O) groups is 2. The molecule has 6 nitrogen and oxygen atoms in total. The summed E-state index contributed by atoms with van der Waals surface area (Å²) in [5.74, 6) is -0.223. The van der Waals surface area contributed by atoms with Gasteiger partial charge in [0, 0.05) is 16.8 Å². The molecule has 1 aliphatic heterocycles. The van der Waals surface area contributed by atoms with Gasteiger partial charge in [0.25, 0.3) is 11.7 Å². The van der Waals surface area contributed by atoms with Crippen molar-refractivity contribution in [3.63, 3.8) is 0 Å². The van der Waals surface area contributed by atoms with Crippen molar-refractivity contribution in [2.45, 2.75) is 53.0 Å². The Morgan fingerprint density at radius 3 is 2.11 bits per heavy atom. The lowest BCUT2D eigenvalue weighted by atomic mass is 9.84. The largest absolute Gasteiger partial charge is 0.507 e. The Balaban J connectivity index is 1.92. The van der Waals surface area contributed by atoms with Crippen molar-refractivity contribution >= 4 is 23.1 Å². The van der Waals surface area contributed by atoms with Crippen molar-refractivity contribution in [1.29, 1.82) is 0 Å². The zero-order chi connectivity index (χ0) is 27.6. The van der Waals surface area contributed by atoms with Crippen molar-refractivity contribution in [3.05, 3.63) is 94.6 Å². The van der Waals surface area contributed by atoms with Crippen LogP contribution >= 0.6 is 0 Å². The Morgan fingerprint density at radius 2 is 1.53 bits per heavy atom. The number of nitrogens with zero attached hydrogens (tertiary/aromatic N) is 1. The van der Waals surface area contributed by atoms with E-state index in [4.69, 9.17) is 9.47 Å². The smallest absolute Gasteiger partial charge is 0.300 e. The molecule has 0 bridgehead atoms. The number of benzene rings is 3. The van der Waals surface area contributed by atoms with E-state index >= 15 is 0 Å². The molecule has 0 radical (unpaired) electrons. The molecule has 1 saturated heterocycles. The monoisotopic (exact) mass is 513 g/mol. The number of aryl methyl sites for hydroxylation is 1. The Hall–Kier alpha value is -4.06. The van der Waals surface area contributed by atoms with E-state index in [-0.39, 0.29) is 16.7 Å². The van der Waals surface area contributed by atoms with Crippen LogP contribution < -0.4 is 14.4 Å². The number of aliphatic hydroxyl groups excluding tert-OH is 1. The molecule has 0 aliphatic carbocycles. The maximum Gasteiger partial charge on any atom is 0.300 e. The van der Waals surface area contributed by atoms with E-state index in [0.717, 1.165) is 16.9 Å². The van der Waals surface area contributed by atoms with Gasteiger partial charge in [-0.2, -0.15) is 0 Å². The highest BCUT2D eigenvalue weighted by Crippen LogP contribution is 2.43. The Bertz CT molecular complexity index is 1360. The zero-order valence-corrected chi connectivity index (χ0v) is 22.9. The van der Waals surface area contributed by atoms with Crippen LogP contribution in [0.15, 0.2) is 72.3 Å². The highest BCUT2D eigenvalue weighted by atomic mass is 16.5. The van der Waals surface area contributed by atoms with Crippen LogP contribution in [0.3, 0.4) is 0 Å². The normalized spacial score (nSPS) is 17.1. The second kappa shape index (κ2) is 10.7. The van der Waals surface area contributed by atoms with Crippen molar-refractivity contribution in [3.8, 4) is 11.5 Å². The molecule has 1 unspecified atom stereocenters. The Morgan fingerprint density at radius 1 is 0.895 bits per heavy atom. The second-order valence-corrected chi connectivity index (χ2v) is 10.4. The zero-order valence-electron chi connectivity index (χ0n) is 22.9. The summed E-state index contributed by atoms with van der Waals surface area (Å²) in [6.07, 6.45) is 0. The van der Waals surface area contributed by atoms with Crippen LogP contribution in [-0.2, 0) is 15.0 Å². The molecule has 1 aliphatic rings. The number of Topliss-reactive ketones (excluding diaryl/α,β-unsaturated/α-hetero) is 1. The van der Waals surface area contributed by atoms with Crippen LogP contribution in [0.1, 0.15) is 62.9 Å². The molecule has 1 amide bonds. The van der Waals surface area contributed by atoms with Gasteiger partial charge in [-0.25, -0.2) is 0 Å². The molecule has 1 fully saturated rings. The molecule has 3 aromatic carbocycles. The maximum absolute atomic E-state index is 13.5. The van der Waals surface area contributed by atoms with E-state index in [9.17, 15) is 14.7 Å². The SMILES string of the molecule is CCOc1ccc(C2/C(=C(/O)c3ccc(OCC)c(C(C)(C)C)c3)C(=O)C(=O)N2c2ccc(C)cc2)cc1. The summed E-state index contributed by atoms with van der Waals surface area (Å²) in [5, 5.41) is 11.6. The summed E-state index contributed by atoms with van der Waals surface area (Å²) in [7, 11) is 0. The average Bonchev–Trinajstić information content (AvgIpc) is 3.15. The third kappa shape index (κ3) is 5.17. The number of anilines is 1. The van der Waals surface area contributed by atoms with Crippen LogP contribution in [0, 0.1) is 6.92 Å². The van der Waals surface area contributed by atoms with Gasteiger partial charge in [-0.3, -0.25) is 14.5 Å². The number of ketones is 1. The minimum Gasteiger partial charge on any atom is -0.507 e. The summed E-state index contributed by atoms with van der Waals surface area (Å²) < 4.78 is 11.4. The number of ether oxygens (including phenoxy) is 2. The number of carbonyl (C=O) groups excluding carboxylic acids is 2. The predicted molar refractivity (Wildman–Crippen MR) is 150 cm³/mol. The maximum atomic E-state index is 13.5. The minimum atomic E-state index is -0.807. The average molecular weight is 514 g/mol. The van der Waals surface area contributed by atoms with Gasteiger partial charge in [0.2, 0.25) is 0 Å². The molecule has 6 heteroatoms. The molecule has 0 saturated carbocycles. The van der Waals surface area contributed by atoms with E-state index in [1.165, 1.54) is 4.90 Å². The number of amides is 1. The molecule has 1 N–H and O–H groups in total. The Labute approximate surface area is 224 Å². The van der Waals surface area contributed by atoms with Crippen molar-refractivity contribution in [1.82, 2.24) is 0 Å². The van der Waals surface area contributed by atoms with Gasteiger partial charge in [-0.05, 0) is 74.2 Å². The number of aliphatic hydroxyl groups is 1. The quantitative estimate of drug-likeness (QED) is 0.216. The summed E-state index contributed by atoms with van der Waals surface area (Å²) in [5.41, 5.74) is 3.43. The van der Waals surface area contributed by atoms with E-state index < -0.39 is 17.7 Å². The van der Waals surface area contributed by atoms with Gasteiger partial charge in [0.15, 0.2) is 0 Å². The lowest BCUT2D eigenvalue weighted by Gasteiger charge is -2.26. The Kier molecular flexibility index (Phi) is 7.63. The van der Waals surface area contributed by atoms with E-state index in [1.807, 2.05) is 75.4 Å². The third-order valence-corrected chi connectivity index (χ3v) is 6.62. The van der Waals surface area contributed by atoms with Gasteiger partial charge >= 0.3 is 0 Å². The van der Waals surface area contributed by atoms with E-state index in [0.29, 0.717) is 35.8 Å². The molecule has 1 heterocycles. The highest BCUT2D eigenvalue weighted by Gasteiger charge is 2.47. The fourth-order valence-corrected chi connectivity index (χ4v) is 4.73. The molecular weight excluding hydrogens is 478 g/mol. The van der Waals surface area contributed by atoms with Crippen LogP contribution in [0.5, 0.6) is 11.5 Å². The van der Waals surface area contributed by atoms with Crippen LogP contribution in [0.2, 0.25) is 0 Å². The second-order valence-electron chi connectivity index (χ2n) is 10.4. The van der Waals surface area contributed by atoms with E-state index in [1.54, 1.807) is 12.1 Å². The number of rotatable bonds is 7. The minimum absolute atomic E-state index is 0.0451. The first kappa shape index (κ1) is 27.0. The van der Waals surface area contributed by atoms with Crippen molar-refractivity contribution < 1.29 is 24.2 Å². The molecule has 1 atom stereocenters. The number of hydrogen-bond donors (Lipinski definition) is 1. The lowest BCUT2D eigenvalue weighted by Crippen LogP contribution is -2.29. The molecule has 38 heavy (non-hydrogen) atoms. The van der Waals surface area contributed by atoms with Crippen molar-refractivity contribution in [2.75, 3.05) is 18.1 Å². The summed E-state index contributed by atoms with van der Waals surface area (Å²) in [6.45, 7) is 13.0. The molecular formula is C32H35NO5. The summed E-state index contributed by atoms with van der Waals surface area (Å²) >= 11 is 0. The first-order valence-corrected chi connectivity index (χ1v) is 12.9. The van der Waals surface area contributed by atoms with Crippen molar-refractivity contribution in [2.24, 2.45) is 0 Å². The standard InChI is InChI=1S/C32H35NO5/c1-7-37-24-16-11-21(12-17-24)28-27(30(35)31(36)33(28)23-14-9-20(3)10-15-23)29(34)22-13-18-26(38-8-2)25(19-22)32(4,5)6/h9-19,28,34H,7-8H2,1-6H3/b29-27-. The van der Waals surface area contributed by atoms with Crippen LogP contribution in [0.4, 0.5) is 5.69 Å². The van der Waals surface area contributed by atoms with Gasteiger partial charge in [0.1, 0.15) is 17.3 Å². The van der Waals surface area contributed by atoms with E-state index in [2.05, 4.69) is 20.8 Å². The fourth-order valence-electron chi connectivity index (χ4n) is 4.73. The molecule has 0 spiro atoms. The molecule has 4 rings (SSSR count). The molecule has 0 aromatic heterocycles. The topological polar surface area (TPSA) is 76.1 Å². The molecule has 198 valence electrons. The summed E-state index contributed by atoms with van der Waals surface area (Å²) in [6, 6.07) is 19.3. The molecule has 3 aromatic rings. The number of hydrogen-bond acceptors (Lipinski definition) is 5. The van der Waals surface area contributed by atoms with Gasteiger partial charge in [-0.1, -0.05) is 50.6 Å².